The van der Waals surface area contributed by atoms with Gasteiger partial charge in [-0.2, -0.15) is 0 Å². The van der Waals surface area contributed by atoms with Crippen LogP contribution in [0.3, 0.4) is 0 Å². The topological polar surface area (TPSA) is 51.2 Å². The number of methoxy groups -OCH3 is 1. The lowest BCUT2D eigenvalue weighted by Crippen LogP contribution is -2.15. The number of ether oxygens (including phenoxy) is 1. The lowest BCUT2D eigenvalue weighted by atomic mass is 10.4. The minimum absolute atomic E-state index is 0.125. The lowest BCUT2D eigenvalue weighted by Gasteiger charge is -2.03. The van der Waals surface area contributed by atoms with Gasteiger partial charge < -0.3 is 10.1 Å². The van der Waals surface area contributed by atoms with Gasteiger partial charge in [0.25, 0.3) is 0 Å². The van der Waals surface area contributed by atoms with Crippen molar-refractivity contribution in [3.8, 4) is 0 Å². The van der Waals surface area contributed by atoms with Crippen LogP contribution < -0.4 is 5.32 Å². The Balaban J connectivity index is 2.50. The van der Waals surface area contributed by atoms with E-state index in [0.717, 1.165) is 4.60 Å². The van der Waals surface area contributed by atoms with Crippen LogP contribution in [0.4, 0.5) is 5.82 Å². The van der Waals surface area contributed by atoms with Crippen LogP contribution in [0.1, 0.15) is 0 Å². The average Bonchev–Trinajstić information content (AvgIpc) is 2.14. The molecule has 4 nitrogen and oxygen atoms in total. The minimum atomic E-state index is -0.318. The number of hydrogen-bond donors (Lipinski definition) is 1. The van der Waals surface area contributed by atoms with Gasteiger partial charge in [0, 0.05) is 0 Å². The van der Waals surface area contributed by atoms with E-state index in [1.54, 1.807) is 6.07 Å². The molecule has 0 atom stereocenters. The highest BCUT2D eigenvalue weighted by Gasteiger charge is 1.99. The van der Waals surface area contributed by atoms with E-state index in [9.17, 15) is 4.79 Å². The van der Waals surface area contributed by atoms with E-state index in [0.29, 0.717) is 5.82 Å². The van der Waals surface area contributed by atoms with Crippen LogP contribution in [-0.2, 0) is 9.53 Å². The van der Waals surface area contributed by atoms with Crippen LogP contribution in [0.15, 0.2) is 22.8 Å². The number of hydrogen-bond acceptors (Lipinski definition) is 4. The molecule has 13 heavy (non-hydrogen) atoms. The zero-order valence-corrected chi connectivity index (χ0v) is 8.67. The van der Waals surface area contributed by atoms with Crippen molar-refractivity contribution in [3.05, 3.63) is 22.8 Å². The Morgan fingerprint density at radius 1 is 1.69 bits per heavy atom. The van der Waals surface area contributed by atoms with Crippen molar-refractivity contribution >= 4 is 27.7 Å². The fourth-order valence-corrected chi connectivity index (χ4v) is 1.09. The van der Waals surface area contributed by atoms with Crippen molar-refractivity contribution in [2.24, 2.45) is 0 Å². The monoisotopic (exact) mass is 244 g/mol. The summed E-state index contributed by atoms with van der Waals surface area (Å²) in [4.78, 5) is 14.8. The van der Waals surface area contributed by atoms with Gasteiger partial charge >= 0.3 is 5.97 Å². The third-order valence-corrected chi connectivity index (χ3v) is 1.80. The molecule has 0 spiro atoms. The molecule has 70 valence electrons. The van der Waals surface area contributed by atoms with Crippen LogP contribution in [0, 0.1) is 0 Å². The van der Waals surface area contributed by atoms with E-state index in [4.69, 9.17) is 0 Å². The molecule has 1 aromatic rings. The Morgan fingerprint density at radius 2 is 2.46 bits per heavy atom. The summed E-state index contributed by atoms with van der Waals surface area (Å²) < 4.78 is 5.19. The number of rotatable bonds is 3. The summed E-state index contributed by atoms with van der Waals surface area (Å²) in [6, 6.07) is 5.41. The first kappa shape index (κ1) is 9.98. The number of carbonyl (C=O) groups is 1. The predicted molar refractivity (Wildman–Crippen MR) is 52.4 cm³/mol. The van der Waals surface area contributed by atoms with Crippen molar-refractivity contribution < 1.29 is 9.53 Å². The summed E-state index contributed by atoms with van der Waals surface area (Å²) in [6.45, 7) is 0.125. The summed E-state index contributed by atoms with van der Waals surface area (Å²) in [5.74, 6) is 0.321. The Bertz CT molecular complexity index is 304. The van der Waals surface area contributed by atoms with E-state index < -0.39 is 0 Å². The minimum Gasteiger partial charge on any atom is -0.468 e. The van der Waals surface area contributed by atoms with Crippen LogP contribution >= 0.6 is 15.9 Å². The highest BCUT2D eigenvalue weighted by molar-refractivity contribution is 9.10. The molecule has 0 saturated heterocycles. The first-order chi connectivity index (χ1) is 6.22. The van der Waals surface area contributed by atoms with E-state index in [1.807, 2.05) is 12.1 Å². The van der Waals surface area contributed by atoms with Gasteiger partial charge in [0.05, 0.1) is 7.11 Å². The van der Waals surface area contributed by atoms with E-state index in [-0.39, 0.29) is 12.5 Å². The number of nitrogens with zero attached hydrogens (tertiary/aromatic N) is 1. The first-order valence-electron chi connectivity index (χ1n) is 3.65. The van der Waals surface area contributed by atoms with Crippen LogP contribution in [-0.4, -0.2) is 24.6 Å². The van der Waals surface area contributed by atoms with Crippen molar-refractivity contribution in [2.75, 3.05) is 19.0 Å². The van der Waals surface area contributed by atoms with Gasteiger partial charge in [-0.05, 0) is 28.1 Å². The number of halogens is 1. The molecule has 1 heterocycles. The van der Waals surface area contributed by atoms with Gasteiger partial charge in [-0.1, -0.05) is 6.07 Å². The van der Waals surface area contributed by atoms with Crippen molar-refractivity contribution in [1.29, 1.82) is 0 Å². The molecule has 1 aromatic heterocycles. The molecule has 0 aliphatic heterocycles. The summed E-state index contributed by atoms with van der Waals surface area (Å²) in [7, 11) is 1.35. The van der Waals surface area contributed by atoms with E-state index in [2.05, 4.69) is 31.0 Å². The maximum Gasteiger partial charge on any atom is 0.325 e. The summed E-state index contributed by atoms with van der Waals surface area (Å²) in [6.07, 6.45) is 0. The summed E-state index contributed by atoms with van der Waals surface area (Å²) >= 11 is 3.22. The van der Waals surface area contributed by atoms with E-state index in [1.165, 1.54) is 7.11 Å². The number of nitrogens with one attached hydrogen (secondary N) is 1. The molecule has 0 aliphatic rings. The van der Waals surface area contributed by atoms with Gasteiger partial charge in [0.1, 0.15) is 17.0 Å². The Labute approximate surface area is 84.4 Å². The Hall–Kier alpha value is -1.10. The second-order valence-electron chi connectivity index (χ2n) is 2.28. The maximum absolute atomic E-state index is 10.7. The normalized spacial score (nSPS) is 9.38. The number of anilines is 1. The van der Waals surface area contributed by atoms with Crippen LogP contribution in [0.2, 0.25) is 0 Å². The fraction of sp³-hybridized carbons (Fsp3) is 0.250. The second-order valence-corrected chi connectivity index (χ2v) is 3.09. The summed E-state index contributed by atoms with van der Waals surface area (Å²) in [5.41, 5.74) is 0. The first-order valence-corrected chi connectivity index (χ1v) is 4.45. The molecule has 0 amide bonds. The lowest BCUT2D eigenvalue weighted by molar-refractivity contribution is -0.138. The molecule has 0 saturated carbocycles. The van der Waals surface area contributed by atoms with Crippen LogP contribution in [0.25, 0.3) is 0 Å². The number of aromatic nitrogens is 1. The number of esters is 1. The molecular formula is C8H9BrN2O2. The molecule has 0 bridgehead atoms. The molecule has 5 heteroatoms. The third kappa shape index (κ3) is 3.42. The number of pyridine rings is 1. The third-order valence-electron chi connectivity index (χ3n) is 1.36. The van der Waals surface area contributed by atoms with Crippen LogP contribution in [0.5, 0.6) is 0 Å². The zero-order valence-electron chi connectivity index (χ0n) is 7.08. The molecule has 0 unspecified atom stereocenters. The van der Waals surface area contributed by atoms with Crippen molar-refractivity contribution in [1.82, 2.24) is 4.98 Å². The predicted octanol–water partition coefficient (Wildman–Crippen LogP) is 1.43. The number of carbonyl (C=O) groups excluding carboxylic acids is 1. The maximum atomic E-state index is 10.7. The van der Waals surface area contributed by atoms with Crippen molar-refractivity contribution in [2.45, 2.75) is 0 Å². The fourth-order valence-electron chi connectivity index (χ4n) is 0.742. The Morgan fingerprint density at radius 3 is 3.08 bits per heavy atom. The zero-order chi connectivity index (χ0) is 9.68. The van der Waals surface area contributed by atoms with Gasteiger partial charge in [-0.25, -0.2) is 4.98 Å². The summed E-state index contributed by atoms with van der Waals surface area (Å²) in [5, 5.41) is 2.82. The highest BCUT2D eigenvalue weighted by atomic mass is 79.9. The van der Waals surface area contributed by atoms with Crippen molar-refractivity contribution in [3.63, 3.8) is 0 Å². The Kier molecular flexibility index (Phi) is 3.70. The molecule has 0 aromatic carbocycles. The molecule has 1 rings (SSSR count). The van der Waals surface area contributed by atoms with Gasteiger partial charge in [0.2, 0.25) is 0 Å². The molecule has 1 N–H and O–H groups in total. The van der Waals surface area contributed by atoms with Gasteiger partial charge in [-0.15, -0.1) is 0 Å². The van der Waals surface area contributed by atoms with Gasteiger partial charge in [-0.3, -0.25) is 4.79 Å². The second kappa shape index (κ2) is 4.81. The van der Waals surface area contributed by atoms with E-state index >= 15 is 0 Å². The average molecular weight is 245 g/mol. The molecule has 0 radical (unpaired) electrons. The quantitative estimate of drug-likeness (QED) is 0.646. The highest BCUT2D eigenvalue weighted by Crippen LogP contribution is 2.09. The standard InChI is InChI=1S/C8H9BrN2O2/c1-13-8(12)5-10-7-4-2-3-6(9)11-7/h2-4H,5H2,1H3,(H,10,11). The smallest absolute Gasteiger partial charge is 0.325 e. The molecule has 0 aliphatic carbocycles. The molecular weight excluding hydrogens is 236 g/mol. The SMILES string of the molecule is COC(=O)CNc1cccc(Br)n1. The largest absolute Gasteiger partial charge is 0.468 e. The molecule has 0 fully saturated rings. The van der Waals surface area contributed by atoms with Gasteiger partial charge in [0.15, 0.2) is 0 Å².